The fraction of sp³-hybridized carbons (Fsp3) is 0.400. The number of nitrogens with one attached hydrogen (secondary N) is 2. The molecule has 2 N–H and O–H groups in total. The van der Waals surface area contributed by atoms with Gasteiger partial charge in [0.25, 0.3) is 0 Å². The second kappa shape index (κ2) is 6.65. The van der Waals surface area contributed by atoms with Gasteiger partial charge in [0.15, 0.2) is 0 Å². The molecule has 4 rings (SSSR count). The van der Waals surface area contributed by atoms with Gasteiger partial charge in [0.1, 0.15) is 12.5 Å². The van der Waals surface area contributed by atoms with Gasteiger partial charge >= 0.3 is 0 Å². The van der Waals surface area contributed by atoms with Gasteiger partial charge < -0.3 is 9.47 Å². The molecule has 4 heteroatoms. The minimum atomic E-state index is -0.0619. The lowest BCUT2D eigenvalue weighted by Crippen LogP contribution is -2.62. The highest BCUT2D eigenvalue weighted by molar-refractivity contribution is 5.25. The van der Waals surface area contributed by atoms with E-state index in [4.69, 9.17) is 9.47 Å². The van der Waals surface area contributed by atoms with Crippen molar-refractivity contribution in [2.45, 2.75) is 38.4 Å². The van der Waals surface area contributed by atoms with Crippen molar-refractivity contribution in [3.8, 4) is 0 Å². The van der Waals surface area contributed by atoms with Crippen LogP contribution in [0.25, 0.3) is 0 Å². The van der Waals surface area contributed by atoms with Crippen molar-refractivity contribution < 1.29 is 9.47 Å². The molecule has 2 aliphatic heterocycles. The molecule has 4 atom stereocenters. The Balaban J connectivity index is 1.41. The van der Waals surface area contributed by atoms with Gasteiger partial charge in [0.2, 0.25) is 0 Å². The Kier molecular flexibility index (Phi) is 4.37. The maximum absolute atomic E-state index is 6.05. The maximum atomic E-state index is 6.05. The first-order chi connectivity index (χ1) is 11.7. The van der Waals surface area contributed by atoms with Crippen LogP contribution in [0.4, 0.5) is 0 Å². The molecular weight excluding hydrogens is 300 g/mol. The summed E-state index contributed by atoms with van der Waals surface area (Å²) in [6, 6.07) is 17.5. The molecule has 0 radical (unpaired) electrons. The highest BCUT2D eigenvalue weighted by atomic mass is 16.5. The smallest absolute Gasteiger partial charge is 0.134 e. The average molecular weight is 324 g/mol. The van der Waals surface area contributed by atoms with Crippen LogP contribution in [0.1, 0.15) is 34.7 Å². The van der Waals surface area contributed by atoms with Crippen molar-refractivity contribution >= 4 is 0 Å². The van der Waals surface area contributed by atoms with Gasteiger partial charge in [0, 0.05) is 0 Å². The molecule has 0 bridgehead atoms. The van der Waals surface area contributed by atoms with Crippen molar-refractivity contribution in [3.05, 3.63) is 70.8 Å². The molecule has 0 amide bonds. The second-order valence-electron chi connectivity index (χ2n) is 6.79. The monoisotopic (exact) mass is 324 g/mol. The Morgan fingerprint density at radius 1 is 0.667 bits per heavy atom. The lowest BCUT2D eigenvalue weighted by molar-refractivity contribution is -0.115. The molecule has 126 valence electrons. The molecule has 2 aliphatic rings. The summed E-state index contributed by atoms with van der Waals surface area (Å²) in [4.78, 5) is 0. The number of benzene rings is 2. The highest BCUT2D eigenvalue weighted by Gasteiger charge is 2.36. The zero-order valence-electron chi connectivity index (χ0n) is 14.2. The van der Waals surface area contributed by atoms with Gasteiger partial charge in [-0.15, -0.1) is 0 Å². The van der Waals surface area contributed by atoms with Crippen molar-refractivity contribution in [1.29, 1.82) is 0 Å². The third kappa shape index (κ3) is 3.23. The minimum Gasteiger partial charge on any atom is -0.357 e. The largest absolute Gasteiger partial charge is 0.357 e. The third-order valence-electron chi connectivity index (χ3n) is 4.86. The fourth-order valence-electron chi connectivity index (χ4n) is 3.31. The molecule has 2 saturated heterocycles. The number of rotatable bonds is 2. The van der Waals surface area contributed by atoms with Gasteiger partial charge in [-0.3, -0.25) is 10.6 Å². The van der Waals surface area contributed by atoms with E-state index in [-0.39, 0.29) is 24.5 Å². The van der Waals surface area contributed by atoms with E-state index < -0.39 is 0 Å². The lowest BCUT2D eigenvalue weighted by atomic mass is 10.0. The van der Waals surface area contributed by atoms with Crippen LogP contribution in [-0.2, 0) is 9.47 Å². The van der Waals surface area contributed by atoms with Gasteiger partial charge in [0.05, 0.1) is 25.3 Å². The Morgan fingerprint density at radius 2 is 1.04 bits per heavy atom. The van der Waals surface area contributed by atoms with Crippen molar-refractivity contribution in [3.63, 3.8) is 0 Å². The SMILES string of the molecule is Cc1ccc([C@H]2N[C@H]3CO[C@@H](c4ccc(C)cc4)N[C@H]3CO2)cc1. The Bertz CT molecular complexity index is 622. The topological polar surface area (TPSA) is 42.5 Å². The van der Waals surface area contributed by atoms with Crippen molar-refractivity contribution in [1.82, 2.24) is 10.6 Å². The third-order valence-corrected chi connectivity index (χ3v) is 4.86. The number of hydrogen-bond acceptors (Lipinski definition) is 4. The molecule has 2 fully saturated rings. The first kappa shape index (κ1) is 15.8. The summed E-state index contributed by atoms with van der Waals surface area (Å²) in [6.07, 6.45) is -0.124. The van der Waals surface area contributed by atoms with Crippen LogP contribution in [-0.4, -0.2) is 25.3 Å². The Labute approximate surface area is 143 Å². The van der Waals surface area contributed by atoms with E-state index in [1.165, 1.54) is 22.3 Å². The molecule has 2 aromatic rings. The zero-order valence-corrected chi connectivity index (χ0v) is 14.2. The summed E-state index contributed by atoms with van der Waals surface area (Å²) >= 11 is 0. The van der Waals surface area contributed by atoms with E-state index in [1.807, 2.05) is 0 Å². The average Bonchev–Trinajstić information content (AvgIpc) is 2.62. The summed E-state index contributed by atoms with van der Waals surface area (Å²) in [5, 5.41) is 7.13. The van der Waals surface area contributed by atoms with Gasteiger partial charge in [-0.2, -0.15) is 0 Å². The predicted molar refractivity (Wildman–Crippen MR) is 93.6 cm³/mol. The molecule has 0 aliphatic carbocycles. The molecule has 0 spiro atoms. The standard InChI is InChI=1S/C20H24N2O2/c1-13-3-7-15(8-4-13)19-21-17-12-24-20(22-18(17)11-23-19)16-9-5-14(2)6-10-16/h3-10,17-22H,11-12H2,1-2H3/t17-,18-,19-,20-/m0/s1. The van der Waals surface area contributed by atoms with Crippen LogP contribution >= 0.6 is 0 Å². The quantitative estimate of drug-likeness (QED) is 0.891. The molecular formula is C20H24N2O2. The van der Waals surface area contributed by atoms with Gasteiger partial charge in [-0.25, -0.2) is 0 Å². The van der Waals surface area contributed by atoms with Gasteiger partial charge in [-0.05, 0) is 25.0 Å². The van der Waals surface area contributed by atoms with Crippen LogP contribution in [0.15, 0.2) is 48.5 Å². The minimum absolute atomic E-state index is 0.0619. The Hall–Kier alpha value is -1.72. The van der Waals surface area contributed by atoms with E-state index in [2.05, 4.69) is 73.0 Å². The van der Waals surface area contributed by atoms with E-state index >= 15 is 0 Å². The fourth-order valence-corrected chi connectivity index (χ4v) is 3.31. The zero-order chi connectivity index (χ0) is 16.5. The van der Waals surface area contributed by atoms with Crippen molar-refractivity contribution in [2.24, 2.45) is 0 Å². The molecule has 2 heterocycles. The Morgan fingerprint density at radius 3 is 1.42 bits per heavy atom. The van der Waals surface area contributed by atoms with E-state index in [0.29, 0.717) is 13.2 Å². The molecule has 4 nitrogen and oxygen atoms in total. The van der Waals surface area contributed by atoms with Gasteiger partial charge in [-0.1, -0.05) is 59.7 Å². The number of hydrogen-bond donors (Lipinski definition) is 2. The van der Waals surface area contributed by atoms with Crippen LogP contribution in [0.3, 0.4) is 0 Å². The number of aryl methyl sites for hydroxylation is 2. The summed E-state index contributed by atoms with van der Waals surface area (Å²) in [7, 11) is 0. The van der Waals surface area contributed by atoms with Crippen LogP contribution < -0.4 is 10.6 Å². The normalized spacial score (nSPS) is 29.9. The summed E-state index contributed by atoms with van der Waals surface area (Å²) < 4.78 is 12.1. The maximum Gasteiger partial charge on any atom is 0.134 e. The summed E-state index contributed by atoms with van der Waals surface area (Å²) in [5.41, 5.74) is 4.85. The first-order valence-corrected chi connectivity index (χ1v) is 8.57. The highest BCUT2D eigenvalue weighted by Crippen LogP contribution is 2.27. The second-order valence-corrected chi connectivity index (χ2v) is 6.79. The van der Waals surface area contributed by atoms with E-state index in [0.717, 1.165) is 0 Å². The molecule has 24 heavy (non-hydrogen) atoms. The molecule has 0 saturated carbocycles. The molecule has 0 aromatic heterocycles. The van der Waals surface area contributed by atoms with E-state index in [9.17, 15) is 0 Å². The van der Waals surface area contributed by atoms with Crippen LogP contribution in [0.5, 0.6) is 0 Å². The van der Waals surface area contributed by atoms with Crippen LogP contribution in [0.2, 0.25) is 0 Å². The number of ether oxygens (including phenoxy) is 2. The molecule has 2 aromatic carbocycles. The van der Waals surface area contributed by atoms with E-state index in [1.54, 1.807) is 0 Å². The summed E-state index contributed by atoms with van der Waals surface area (Å²) in [5.74, 6) is 0. The number of fused-ring (bicyclic) bond motifs is 1. The summed E-state index contributed by atoms with van der Waals surface area (Å²) in [6.45, 7) is 5.56. The van der Waals surface area contributed by atoms with Crippen molar-refractivity contribution in [2.75, 3.05) is 13.2 Å². The first-order valence-electron chi connectivity index (χ1n) is 8.57. The lowest BCUT2D eigenvalue weighted by Gasteiger charge is -2.43. The molecule has 0 unspecified atom stereocenters. The predicted octanol–water partition coefficient (Wildman–Crippen LogP) is 2.98. The van der Waals surface area contributed by atoms with Crippen LogP contribution in [0, 0.1) is 13.8 Å².